The third kappa shape index (κ3) is 4.91. The number of furan rings is 1. The average Bonchev–Trinajstić information content (AvgIpc) is 3.46. The van der Waals surface area contributed by atoms with E-state index in [1.54, 1.807) is 18.4 Å². The summed E-state index contributed by atoms with van der Waals surface area (Å²) in [6.45, 7) is 6.76. The first-order chi connectivity index (χ1) is 20.3. The highest BCUT2D eigenvalue weighted by Gasteiger charge is 2.40. The van der Waals surface area contributed by atoms with Gasteiger partial charge in [-0.25, -0.2) is 13.2 Å². The Morgan fingerprint density at radius 2 is 1.77 bits per heavy atom. The van der Waals surface area contributed by atoms with Crippen LogP contribution in [0.25, 0.3) is 32.9 Å². The molecule has 1 fully saturated rings. The highest BCUT2D eigenvalue weighted by Crippen LogP contribution is 2.48. The van der Waals surface area contributed by atoms with Crippen LogP contribution in [0.3, 0.4) is 0 Å². The molecule has 0 spiro atoms. The fraction of sp³-hybridized carbons (Fsp3) is 0.343. The second-order valence-electron chi connectivity index (χ2n) is 12.4. The summed E-state index contributed by atoms with van der Waals surface area (Å²) in [7, 11) is 0. The van der Waals surface area contributed by atoms with E-state index in [-0.39, 0.29) is 48.2 Å². The van der Waals surface area contributed by atoms with Gasteiger partial charge in [0.15, 0.2) is 5.82 Å². The highest BCUT2D eigenvalue weighted by molar-refractivity contribution is 6.19. The number of alkyl halides is 2. The van der Waals surface area contributed by atoms with Gasteiger partial charge in [-0.1, -0.05) is 42.5 Å². The van der Waals surface area contributed by atoms with Gasteiger partial charge in [0.05, 0.1) is 28.9 Å². The molecule has 5 aromatic rings. The zero-order chi connectivity index (χ0) is 30.8. The van der Waals surface area contributed by atoms with Gasteiger partial charge in [0, 0.05) is 40.3 Å². The molecule has 1 saturated carbocycles. The Balaban J connectivity index is 1.78. The summed E-state index contributed by atoms with van der Waals surface area (Å²) in [5.41, 5.74) is 8.72. The highest BCUT2D eigenvalue weighted by atomic mass is 19.3. The molecule has 0 bridgehead atoms. The monoisotopic (exact) mass is 588 g/mol. The molecule has 0 aliphatic heterocycles. The van der Waals surface area contributed by atoms with Gasteiger partial charge >= 0.3 is 0 Å². The van der Waals surface area contributed by atoms with E-state index < -0.39 is 29.3 Å². The number of fused-ring (bicyclic) bond motifs is 3. The number of hydrogen-bond donors (Lipinski definition) is 2. The Hall–Kier alpha value is -4.04. The molecule has 0 saturated heterocycles. The number of carbonyl (C=O) groups excluding carboxylic acids is 1. The number of aromatic nitrogens is 1. The van der Waals surface area contributed by atoms with E-state index in [9.17, 15) is 18.7 Å². The Bertz CT molecular complexity index is 1840. The summed E-state index contributed by atoms with van der Waals surface area (Å²) in [5.74, 6) is -3.65. The summed E-state index contributed by atoms with van der Waals surface area (Å²) in [4.78, 5) is 13.1. The molecule has 0 radical (unpaired) electrons. The molecule has 3 aromatic carbocycles. The summed E-state index contributed by atoms with van der Waals surface area (Å²) < 4.78 is 53.2. The van der Waals surface area contributed by atoms with Gasteiger partial charge in [0.2, 0.25) is 11.8 Å². The zero-order valence-electron chi connectivity index (χ0n) is 24.7. The van der Waals surface area contributed by atoms with Gasteiger partial charge in [-0.15, -0.1) is 0 Å². The minimum absolute atomic E-state index is 0.0911. The number of primary amides is 1. The number of carbonyl (C=O) groups is 1. The van der Waals surface area contributed by atoms with Crippen LogP contribution in [0.2, 0.25) is 0 Å². The average molecular weight is 589 g/mol. The van der Waals surface area contributed by atoms with E-state index in [1.807, 2.05) is 54.8 Å². The molecular weight excluding hydrogens is 553 g/mol. The topological polar surface area (TPSA) is 81.4 Å². The second kappa shape index (κ2) is 10.3. The number of nitrogens with two attached hydrogens (primary N) is 1. The van der Waals surface area contributed by atoms with E-state index in [4.69, 9.17) is 10.2 Å². The summed E-state index contributed by atoms with van der Waals surface area (Å²) in [6.07, 6.45) is 1.59. The molecule has 1 amide bonds. The molecule has 5 nitrogen and oxygen atoms in total. The van der Waals surface area contributed by atoms with Gasteiger partial charge in [-0.3, -0.25) is 4.79 Å². The Morgan fingerprint density at radius 3 is 2.35 bits per heavy atom. The van der Waals surface area contributed by atoms with Crippen LogP contribution in [0.5, 0.6) is 0 Å². The quantitative estimate of drug-likeness (QED) is 0.209. The van der Waals surface area contributed by atoms with Crippen molar-refractivity contribution in [2.75, 3.05) is 0 Å². The number of hydrogen-bond acceptors (Lipinski definition) is 3. The van der Waals surface area contributed by atoms with E-state index in [2.05, 4.69) is 0 Å². The lowest BCUT2D eigenvalue weighted by Crippen LogP contribution is -2.30. The van der Waals surface area contributed by atoms with Crippen molar-refractivity contribution in [1.82, 2.24) is 4.57 Å². The standard InChI is InChI=1S/C35H35F3N2O3/c1-19-18-43-20(2)28(19)23-16-25(33(39)41)29-24-10-11-26(34(3,4)42)30(36)32(24)40(27(29)17-23)31(21-8-6-5-7-9-21)22-12-14-35(37,38)15-13-22/h5-11,16-18,22,31,42H,12-15H2,1-4H3,(H2,39,41). The molecule has 8 heteroatoms. The van der Waals surface area contributed by atoms with Crippen molar-refractivity contribution in [3.8, 4) is 11.1 Å². The predicted octanol–water partition coefficient (Wildman–Crippen LogP) is 8.55. The van der Waals surface area contributed by atoms with Crippen molar-refractivity contribution < 1.29 is 27.5 Å². The maximum absolute atomic E-state index is 16.8. The number of aryl methyl sites for hydroxylation is 2. The third-order valence-corrected chi connectivity index (χ3v) is 9.00. The Labute approximate surface area is 248 Å². The lowest BCUT2D eigenvalue weighted by Gasteiger charge is -2.36. The SMILES string of the molecule is Cc1coc(C)c1-c1cc(C(N)=O)c2c3ccc(C(C)(C)O)c(F)c3n(C(c3ccccc3)C3CCC(F)(F)CC3)c2c1. The summed E-state index contributed by atoms with van der Waals surface area (Å²) >= 11 is 0. The first-order valence-electron chi connectivity index (χ1n) is 14.6. The number of benzene rings is 3. The maximum Gasteiger partial charge on any atom is 0.249 e. The molecule has 1 aliphatic rings. The van der Waals surface area contributed by atoms with Gasteiger partial charge in [0.1, 0.15) is 5.76 Å². The van der Waals surface area contributed by atoms with Gasteiger partial charge in [0.25, 0.3) is 0 Å². The van der Waals surface area contributed by atoms with Crippen LogP contribution in [0.15, 0.2) is 65.3 Å². The lowest BCUT2D eigenvalue weighted by molar-refractivity contribution is -0.0493. The van der Waals surface area contributed by atoms with Crippen LogP contribution < -0.4 is 5.73 Å². The third-order valence-electron chi connectivity index (χ3n) is 9.00. The largest absolute Gasteiger partial charge is 0.469 e. The number of halogens is 3. The van der Waals surface area contributed by atoms with Crippen molar-refractivity contribution in [3.63, 3.8) is 0 Å². The number of aliphatic hydroxyl groups is 1. The van der Waals surface area contributed by atoms with Crippen LogP contribution in [0, 0.1) is 25.6 Å². The molecule has 2 heterocycles. The van der Waals surface area contributed by atoms with Crippen LogP contribution in [0.1, 0.15) is 78.4 Å². The first-order valence-corrected chi connectivity index (χ1v) is 14.6. The first kappa shape index (κ1) is 29.1. The molecule has 1 aliphatic carbocycles. The van der Waals surface area contributed by atoms with Crippen molar-refractivity contribution in [3.05, 3.63) is 94.7 Å². The maximum atomic E-state index is 16.8. The lowest BCUT2D eigenvalue weighted by atomic mass is 9.79. The van der Waals surface area contributed by atoms with Gasteiger partial charge < -0.3 is 19.8 Å². The Morgan fingerprint density at radius 1 is 1.09 bits per heavy atom. The molecule has 43 heavy (non-hydrogen) atoms. The number of amides is 1. The molecule has 1 atom stereocenters. The van der Waals surface area contributed by atoms with Crippen LogP contribution in [0.4, 0.5) is 13.2 Å². The van der Waals surface area contributed by atoms with Crippen LogP contribution in [-0.4, -0.2) is 21.5 Å². The number of nitrogens with zero attached hydrogens (tertiary/aromatic N) is 1. The normalized spacial score (nSPS) is 16.7. The molecule has 6 rings (SSSR count). The number of rotatable bonds is 6. The van der Waals surface area contributed by atoms with Gasteiger partial charge in [-0.2, -0.15) is 0 Å². The smallest absolute Gasteiger partial charge is 0.249 e. The molecular formula is C35H35F3N2O3. The van der Waals surface area contributed by atoms with Crippen molar-refractivity contribution in [1.29, 1.82) is 0 Å². The van der Waals surface area contributed by atoms with Crippen LogP contribution >= 0.6 is 0 Å². The molecule has 3 N–H and O–H groups in total. The van der Waals surface area contributed by atoms with Crippen molar-refractivity contribution in [2.45, 2.75) is 70.9 Å². The summed E-state index contributed by atoms with van der Waals surface area (Å²) in [5, 5.41) is 11.9. The minimum Gasteiger partial charge on any atom is -0.469 e. The van der Waals surface area contributed by atoms with Crippen molar-refractivity contribution >= 4 is 27.7 Å². The minimum atomic E-state index is -2.75. The summed E-state index contributed by atoms with van der Waals surface area (Å²) in [6, 6.07) is 15.8. The fourth-order valence-corrected chi connectivity index (χ4v) is 6.99. The Kier molecular flexibility index (Phi) is 6.96. The van der Waals surface area contributed by atoms with E-state index in [1.165, 1.54) is 19.9 Å². The predicted molar refractivity (Wildman–Crippen MR) is 162 cm³/mol. The zero-order valence-corrected chi connectivity index (χ0v) is 24.7. The van der Waals surface area contributed by atoms with E-state index >= 15 is 4.39 Å². The second-order valence-corrected chi connectivity index (χ2v) is 12.4. The van der Waals surface area contributed by atoms with Crippen molar-refractivity contribution in [2.24, 2.45) is 11.7 Å². The van der Waals surface area contributed by atoms with Crippen LogP contribution in [-0.2, 0) is 5.60 Å². The molecule has 224 valence electrons. The molecule has 1 unspecified atom stereocenters. The van der Waals surface area contributed by atoms with E-state index in [0.717, 1.165) is 16.7 Å². The fourth-order valence-electron chi connectivity index (χ4n) is 6.99. The van der Waals surface area contributed by atoms with Gasteiger partial charge in [-0.05, 0) is 75.3 Å². The van der Waals surface area contributed by atoms with E-state index in [0.29, 0.717) is 27.6 Å². The molecule has 2 aromatic heterocycles.